The van der Waals surface area contributed by atoms with Crippen LogP contribution < -0.4 is 0 Å². The number of carbonyl (C=O) groups is 2. The topological polar surface area (TPSA) is 87.0 Å². The number of hydrogen-bond donors (Lipinski definition) is 0. The number of benzene rings is 1. The third-order valence-corrected chi connectivity index (χ3v) is 4.76. The van der Waals surface area contributed by atoms with Crippen molar-refractivity contribution >= 4 is 34.8 Å². The quantitative estimate of drug-likeness (QED) is 0.515. The summed E-state index contributed by atoms with van der Waals surface area (Å²) < 4.78 is 6.87. The molecule has 9 heteroatoms. The molecule has 1 aromatic carbocycles. The standard InChI is InChI=1S/C16H16Cl2N4O3/c1-2-25-16(14(23)9-3-4-9)15(24)10-5-6-12(17)11(13(10)18)7-22-8-19-20-21-22/h5-6,8-9,16H,2-4,7H2,1H3. The number of ketones is 2. The van der Waals surface area contributed by atoms with Gasteiger partial charge in [0.15, 0.2) is 11.9 Å². The van der Waals surface area contributed by atoms with Crippen LogP contribution >= 0.6 is 23.2 Å². The molecule has 2 aromatic rings. The lowest BCUT2D eigenvalue weighted by Gasteiger charge is -2.17. The van der Waals surface area contributed by atoms with Gasteiger partial charge >= 0.3 is 0 Å². The van der Waals surface area contributed by atoms with Gasteiger partial charge in [-0.2, -0.15) is 0 Å². The summed E-state index contributed by atoms with van der Waals surface area (Å²) in [5.41, 5.74) is 0.720. The minimum absolute atomic E-state index is 0.0905. The Labute approximate surface area is 154 Å². The second-order valence-corrected chi connectivity index (χ2v) is 6.56. The highest BCUT2D eigenvalue weighted by atomic mass is 35.5. The first-order valence-corrected chi connectivity index (χ1v) is 8.65. The van der Waals surface area contributed by atoms with E-state index < -0.39 is 11.9 Å². The first-order valence-electron chi connectivity index (χ1n) is 7.90. The summed E-state index contributed by atoms with van der Waals surface area (Å²) in [6.07, 6.45) is 1.89. The zero-order valence-electron chi connectivity index (χ0n) is 13.5. The largest absolute Gasteiger partial charge is 0.362 e. The van der Waals surface area contributed by atoms with Gasteiger partial charge in [0.05, 0.1) is 11.6 Å². The molecule has 25 heavy (non-hydrogen) atoms. The summed E-state index contributed by atoms with van der Waals surface area (Å²) in [7, 11) is 0. The minimum atomic E-state index is -1.13. The monoisotopic (exact) mass is 382 g/mol. The van der Waals surface area contributed by atoms with Crippen LogP contribution in [-0.4, -0.2) is 44.5 Å². The van der Waals surface area contributed by atoms with Crippen molar-refractivity contribution < 1.29 is 14.3 Å². The van der Waals surface area contributed by atoms with E-state index in [1.807, 2.05) is 0 Å². The molecule has 1 fully saturated rings. The second kappa shape index (κ2) is 7.59. The van der Waals surface area contributed by atoms with Crippen molar-refractivity contribution in [1.29, 1.82) is 0 Å². The average Bonchev–Trinajstić information content (AvgIpc) is 3.32. The SMILES string of the molecule is CCOC(C(=O)c1ccc(Cl)c(Cn2cnnn2)c1Cl)C(=O)C1CC1. The zero-order valence-corrected chi connectivity index (χ0v) is 15.0. The molecule has 1 saturated carbocycles. The Bertz CT molecular complexity index is 791. The number of Topliss-reactive ketones (excluding diaryl/α,β-unsaturated/α-hetero) is 2. The molecular formula is C16H16Cl2N4O3. The van der Waals surface area contributed by atoms with Gasteiger partial charge in [-0.05, 0) is 42.3 Å². The smallest absolute Gasteiger partial charge is 0.200 e. The van der Waals surface area contributed by atoms with Crippen LogP contribution in [0.1, 0.15) is 35.7 Å². The van der Waals surface area contributed by atoms with Crippen LogP contribution in [0.5, 0.6) is 0 Å². The van der Waals surface area contributed by atoms with Crippen molar-refractivity contribution in [2.24, 2.45) is 5.92 Å². The molecule has 0 amide bonds. The Morgan fingerprint density at radius 3 is 2.72 bits per heavy atom. The molecule has 1 aromatic heterocycles. The van der Waals surface area contributed by atoms with Crippen molar-refractivity contribution in [3.05, 3.63) is 39.6 Å². The summed E-state index contributed by atoms with van der Waals surface area (Å²) in [6.45, 7) is 2.21. The van der Waals surface area contributed by atoms with Crippen molar-refractivity contribution in [2.75, 3.05) is 6.61 Å². The van der Waals surface area contributed by atoms with E-state index in [2.05, 4.69) is 15.5 Å². The van der Waals surface area contributed by atoms with Crippen LogP contribution in [-0.2, 0) is 16.1 Å². The molecule has 1 aliphatic carbocycles. The van der Waals surface area contributed by atoms with Crippen LogP contribution in [0.2, 0.25) is 10.0 Å². The Hall–Kier alpha value is -1.83. The summed E-state index contributed by atoms with van der Waals surface area (Å²) in [4.78, 5) is 25.3. The number of ether oxygens (including phenoxy) is 1. The third kappa shape index (κ3) is 3.89. The maximum absolute atomic E-state index is 12.9. The Balaban J connectivity index is 1.92. The van der Waals surface area contributed by atoms with Gasteiger partial charge in [0.2, 0.25) is 5.78 Å². The summed E-state index contributed by atoms with van der Waals surface area (Å²) in [6, 6.07) is 3.09. The minimum Gasteiger partial charge on any atom is -0.362 e. The van der Waals surface area contributed by atoms with Gasteiger partial charge in [-0.1, -0.05) is 23.2 Å². The molecule has 1 heterocycles. The number of hydrogen-bond acceptors (Lipinski definition) is 6. The van der Waals surface area contributed by atoms with Gasteiger partial charge in [0.25, 0.3) is 0 Å². The lowest BCUT2D eigenvalue weighted by Crippen LogP contribution is -2.34. The fraction of sp³-hybridized carbons (Fsp3) is 0.438. The fourth-order valence-corrected chi connectivity index (χ4v) is 3.11. The van der Waals surface area contributed by atoms with Crippen molar-refractivity contribution in [1.82, 2.24) is 20.2 Å². The predicted molar refractivity (Wildman–Crippen MR) is 90.9 cm³/mol. The van der Waals surface area contributed by atoms with Crippen molar-refractivity contribution in [3.8, 4) is 0 Å². The van der Waals surface area contributed by atoms with E-state index >= 15 is 0 Å². The number of aromatic nitrogens is 4. The zero-order chi connectivity index (χ0) is 18.0. The molecule has 0 aliphatic heterocycles. The van der Waals surface area contributed by atoms with Gasteiger partial charge in [-0.25, -0.2) is 4.68 Å². The molecule has 7 nitrogen and oxygen atoms in total. The second-order valence-electron chi connectivity index (χ2n) is 5.77. The Kier molecular flexibility index (Phi) is 5.46. The molecule has 0 N–H and O–H groups in total. The number of tetrazole rings is 1. The first kappa shape index (κ1) is 18.0. The molecule has 132 valence electrons. The Morgan fingerprint density at radius 2 is 2.12 bits per heavy atom. The average molecular weight is 383 g/mol. The number of halogens is 2. The van der Waals surface area contributed by atoms with Crippen LogP contribution in [0.25, 0.3) is 0 Å². The number of nitrogens with zero attached hydrogens (tertiary/aromatic N) is 4. The molecule has 1 atom stereocenters. The van der Waals surface area contributed by atoms with E-state index in [9.17, 15) is 9.59 Å². The third-order valence-electron chi connectivity index (χ3n) is 3.97. The summed E-state index contributed by atoms with van der Waals surface area (Å²) >= 11 is 12.6. The molecular weight excluding hydrogens is 367 g/mol. The van der Waals surface area contributed by atoms with Gasteiger partial charge in [-0.3, -0.25) is 9.59 Å². The van der Waals surface area contributed by atoms with Gasteiger partial charge in [0.1, 0.15) is 6.33 Å². The van der Waals surface area contributed by atoms with Crippen LogP contribution in [0.4, 0.5) is 0 Å². The van der Waals surface area contributed by atoms with Gasteiger partial charge in [0, 0.05) is 28.7 Å². The lowest BCUT2D eigenvalue weighted by molar-refractivity contribution is -0.128. The molecule has 1 unspecified atom stereocenters. The van der Waals surface area contributed by atoms with E-state index in [0.717, 1.165) is 12.8 Å². The maximum atomic E-state index is 12.9. The van der Waals surface area contributed by atoms with Crippen LogP contribution in [0.15, 0.2) is 18.5 Å². The molecule has 0 saturated heterocycles. The fourth-order valence-electron chi connectivity index (χ4n) is 2.52. The van der Waals surface area contributed by atoms with Crippen LogP contribution in [0.3, 0.4) is 0 Å². The van der Waals surface area contributed by atoms with Crippen LogP contribution in [0, 0.1) is 5.92 Å². The molecule has 3 rings (SSSR count). The highest BCUT2D eigenvalue weighted by Crippen LogP contribution is 2.34. The van der Waals surface area contributed by atoms with E-state index in [1.54, 1.807) is 13.0 Å². The maximum Gasteiger partial charge on any atom is 0.200 e. The molecule has 0 bridgehead atoms. The normalized spacial score (nSPS) is 15.2. The molecule has 0 spiro atoms. The molecule has 0 radical (unpaired) electrons. The van der Waals surface area contributed by atoms with E-state index in [-0.39, 0.29) is 35.4 Å². The van der Waals surface area contributed by atoms with Gasteiger partial charge < -0.3 is 4.74 Å². The Morgan fingerprint density at radius 1 is 1.36 bits per heavy atom. The number of rotatable bonds is 8. The highest BCUT2D eigenvalue weighted by Gasteiger charge is 2.39. The van der Waals surface area contributed by atoms with E-state index in [1.165, 1.54) is 17.1 Å². The lowest BCUT2D eigenvalue weighted by atomic mass is 9.98. The van der Waals surface area contributed by atoms with E-state index in [0.29, 0.717) is 10.6 Å². The predicted octanol–water partition coefficient (Wildman–Crippen LogP) is 2.60. The van der Waals surface area contributed by atoms with Gasteiger partial charge in [-0.15, -0.1) is 5.10 Å². The number of carbonyl (C=O) groups excluding carboxylic acids is 2. The first-order chi connectivity index (χ1) is 12.0. The van der Waals surface area contributed by atoms with Crippen molar-refractivity contribution in [3.63, 3.8) is 0 Å². The van der Waals surface area contributed by atoms with E-state index in [4.69, 9.17) is 27.9 Å². The summed E-state index contributed by atoms with van der Waals surface area (Å²) in [5.74, 6) is -0.717. The summed E-state index contributed by atoms with van der Waals surface area (Å²) in [5, 5.41) is 11.4. The van der Waals surface area contributed by atoms with Crippen molar-refractivity contribution in [2.45, 2.75) is 32.4 Å². The molecule has 1 aliphatic rings. The highest BCUT2D eigenvalue weighted by molar-refractivity contribution is 6.38.